The number of rotatable bonds is 6. The van der Waals surface area contributed by atoms with E-state index in [1.54, 1.807) is 18.0 Å². The van der Waals surface area contributed by atoms with Crippen LogP contribution in [-0.2, 0) is 12.3 Å². The summed E-state index contributed by atoms with van der Waals surface area (Å²) in [7, 11) is 0. The molecule has 0 unspecified atom stereocenters. The van der Waals surface area contributed by atoms with Gasteiger partial charge in [0.05, 0.1) is 5.69 Å². The fraction of sp³-hybridized carbons (Fsp3) is 0.100. The van der Waals surface area contributed by atoms with Gasteiger partial charge in [0.25, 0.3) is 0 Å². The second kappa shape index (κ2) is 8.57. The van der Waals surface area contributed by atoms with Gasteiger partial charge in [-0.05, 0) is 29.3 Å². The number of aromatic nitrogens is 1. The number of thioether (sulfide) groups is 1. The van der Waals surface area contributed by atoms with Crippen LogP contribution < -0.4 is 5.32 Å². The Labute approximate surface area is 156 Å². The number of hydrogen-bond acceptors (Lipinski definition) is 4. The van der Waals surface area contributed by atoms with E-state index < -0.39 is 0 Å². The molecule has 1 N–H and O–H groups in total. The zero-order chi connectivity index (χ0) is 17.5. The molecule has 124 valence electrons. The first-order valence-corrected chi connectivity index (χ1v) is 9.17. The van der Waals surface area contributed by atoms with Crippen molar-refractivity contribution in [2.45, 2.75) is 17.3 Å². The lowest BCUT2D eigenvalue weighted by molar-refractivity contribution is 1.08. The summed E-state index contributed by atoms with van der Waals surface area (Å²) in [5, 5.41) is 14.4. The minimum atomic E-state index is 0.581. The standard InChI is InChI=1S/C20H16ClN3S/c21-17-8-6-16(7-9-17)14-25-20-18(12-22)19(10-11-23-20)24-13-15-4-2-1-3-5-15/h1-11H,13-14H2,(H,23,24). The van der Waals surface area contributed by atoms with Gasteiger partial charge >= 0.3 is 0 Å². The van der Waals surface area contributed by atoms with Crippen LogP contribution in [0.2, 0.25) is 5.02 Å². The Bertz CT molecular complexity index is 874. The minimum absolute atomic E-state index is 0.581. The summed E-state index contributed by atoms with van der Waals surface area (Å²) in [5.41, 5.74) is 3.69. The summed E-state index contributed by atoms with van der Waals surface area (Å²) in [4.78, 5) is 4.37. The van der Waals surface area contributed by atoms with Crippen molar-refractivity contribution in [3.8, 4) is 6.07 Å². The van der Waals surface area contributed by atoms with Crippen molar-refractivity contribution < 1.29 is 0 Å². The molecule has 3 aromatic rings. The fourth-order valence-corrected chi connectivity index (χ4v) is 3.39. The second-order valence-electron chi connectivity index (χ2n) is 5.40. The molecule has 0 saturated heterocycles. The molecule has 0 aliphatic rings. The molecular weight excluding hydrogens is 350 g/mol. The van der Waals surface area contributed by atoms with Gasteiger partial charge in [-0.1, -0.05) is 54.1 Å². The van der Waals surface area contributed by atoms with Gasteiger partial charge in [-0.25, -0.2) is 4.98 Å². The molecule has 2 aromatic carbocycles. The number of nitrogens with zero attached hydrogens (tertiary/aromatic N) is 2. The Morgan fingerprint density at radius 2 is 1.76 bits per heavy atom. The molecule has 0 amide bonds. The van der Waals surface area contributed by atoms with Crippen LogP contribution in [0.5, 0.6) is 0 Å². The topological polar surface area (TPSA) is 48.7 Å². The Hall–Kier alpha value is -2.48. The van der Waals surface area contributed by atoms with E-state index >= 15 is 0 Å². The number of nitrogens with one attached hydrogen (secondary N) is 1. The van der Waals surface area contributed by atoms with Crippen molar-refractivity contribution in [2.75, 3.05) is 5.32 Å². The highest BCUT2D eigenvalue weighted by Crippen LogP contribution is 2.29. The van der Waals surface area contributed by atoms with E-state index in [1.165, 1.54) is 5.56 Å². The number of halogens is 1. The number of hydrogen-bond donors (Lipinski definition) is 1. The highest BCUT2D eigenvalue weighted by Gasteiger charge is 2.10. The highest BCUT2D eigenvalue weighted by molar-refractivity contribution is 7.98. The Balaban J connectivity index is 1.72. The predicted molar refractivity (Wildman–Crippen MR) is 104 cm³/mol. The Morgan fingerprint density at radius 3 is 2.48 bits per heavy atom. The summed E-state index contributed by atoms with van der Waals surface area (Å²) in [5.74, 6) is 0.737. The van der Waals surface area contributed by atoms with Gasteiger partial charge in [-0.2, -0.15) is 5.26 Å². The van der Waals surface area contributed by atoms with Gasteiger partial charge in [0, 0.05) is 23.5 Å². The third-order valence-corrected chi connectivity index (χ3v) is 4.96. The van der Waals surface area contributed by atoms with Crippen molar-refractivity contribution in [2.24, 2.45) is 0 Å². The second-order valence-corrected chi connectivity index (χ2v) is 6.81. The maximum atomic E-state index is 9.57. The molecule has 1 aromatic heterocycles. The van der Waals surface area contributed by atoms with Crippen LogP contribution in [0.1, 0.15) is 16.7 Å². The van der Waals surface area contributed by atoms with Crippen molar-refractivity contribution in [1.29, 1.82) is 5.26 Å². The van der Waals surface area contributed by atoms with E-state index in [0.29, 0.717) is 12.1 Å². The van der Waals surface area contributed by atoms with E-state index in [1.807, 2.05) is 48.5 Å². The first-order valence-electron chi connectivity index (χ1n) is 7.80. The van der Waals surface area contributed by atoms with Gasteiger partial charge in [-0.15, -0.1) is 11.8 Å². The first-order chi connectivity index (χ1) is 12.3. The molecule has 5 heteroatoms. The number of anilines is 1. The summed E-state index contributed by atoms with van der Waals surface area (Å²) in [6.07, 6.45) is 1.73. The predicted octanol–water partition coefficient (Wildman–Crippen LogP) is 5.51. The molecule has 3 nitrogen and oxygen atoms in total. The van der Waals surface area contributed by atoms with Gasteiger partial charge in [-0.3, -0.25) is 0 Å². The van der Waals surface area contributed by atoms with Crippen LogP contribution >= 0.6 is 23.4 Å². The van der Waals surface area contributed by atoms with E-state index in [0.717, 1.165) is 27.1 Å². The highest BCUT2D eigenvalue weighted by atomic mass is 35.5. The van der Waals surface area contributed by atoms with Gasteiger partial charge in [0.2, 0.25) is 0 Å². The molecule has 3 rings (SSSR count). The Morgan fingerprint density at radius 1 is 1.00 bits per heavy atom. The lowest BCUT2D eigenvalue weighted by atomic mass is 10.2. The largest absolute Gasteiger partial charge is 0.380 e. The summed E-state index contributed by atoms with van der Waals surface area (Å²) in [6.45, 7) is 0.667. The maximum absolute atomic E-state index is 9.57. The molecule has 0 fully saturated rings. The molecule has 0 radical (unpaired) electrons. The van der Waals surface area contributed by atoms with Crippen LogP contribution in [0.15, 0.2) is 71.9 Å². The van der Waals surface area contributed by atoms with Crippen molar-refractivity contribution in [3.63, 3.8) is 0 Å². The fourth-order valence-electron chi connectivity index (χ4n) is 2.33. The number of benzene rings is 2. The van der Waals surface area contributed by atoms with Crippen molar-refractivity contribution in [1.82, 2.24) is 4.98 Å². The summed E-state index contributed by atoms with van der Waals surface area (Å²) in [6, 6.07) is 21.9. The lowest BCUT2D eigenvalue weighted by Gasteiger charge is -2.11. The molecule has 0 aliphatic carbocycles. The molecule has 0 saturated carbocycles. The van der Waals surface area contributed by atoms with Gasteiger partial charge in [0.1, 0.15) is 16.7 Å². The smallest absolute Gasteiger partial charge is 0.116 e. The monoisotopic (exact) mass is 365 g/mol. The van der Waals surface area contributed by atoms with Crippen molar-refractivity contribution >= 4 is 29.1 Å². The van der Waals surface area contributed by atoms with E-state index in [9.17, 15) is 5.26 Å². The summed E-state index contributed by atoms with van der Waals surface area (Å²) >= 11 is 7.46. The van der Waals surface area contributed by atoms with E-state index in [2.05, 4.69) is 28.5 Å². The van der Waals surface area contributed by atoms with E-state index in [-0.39, 0.29) is 0 Å². The maximum Gasteiger partial charge on any atom is 0.116 e. The average Bonchev–Trinajstić information content (AvgIpc) is 2.66. The molecule has 0 spiro atoms. The van der Waals surface area contributed by atoms with Gasteiger partial charge < -0.3 is 5.32 Å². The minimum Gasteiger partial charge on any atom is -0.380 e. The SMILES string of the molecule is N#Cc1c(NCc2ccccc2)ccnc1SCc1ccc(Cl)cc1. The normalized spacial score (nSPS) is 10.2. The van der Waals surface area contributed by atoms with Crippen LogP contribution in [0, 0.1) is 11.3 Å². The van der Waals surface area contributed by atoms with Crippen molar-refractivity contribution in [3.05, 3.63) is 88.6 Å². The number of nitriles is 1. The molecule has 0 aliphatic heterocycles. The zero-order valence-electron chi connectivity index (χ0n) is 13.4. The third-order valence-electron chi connectivity index (χ3n) is 3.64. The number of pyridine rings is 1. The molecular formula is C20H16ClN3S. The van der Waals surface area contributed by atoms with E-state index in [4.69, 9.17) is 11.6 Å². The van der Waals surface area contributed by atoms with Gasteiger partial charge in [0.15, 0.2) is 0 Å². The molecule has 1 heterocycles. The zero-order valence-corrected chi connectivity index (χ0v) is 15.0. The lowest BCUT2D eigenvalue weighted by Crippen LogP contribution is -2.02. The average molecular weight is 366 g/mol. The van der Waals surface area contributed by atoms with Crippen LogP contribution in [0.25, 0.3) is 0 Å². The molecule has 0 atom stereocenters. The Kier molecular flexibility index (Phi) is 5.95. The van der Waals surface area contributed by atoms with Crippen LogP contribution in [0.3, 0.4) is 0 Å². The van der Waals surface area contributed by atoms with Crippen LogP contribution in [-0.4, -0.2) is 4.98 Å². The molecule has 25 heavy (non-hydrogen) atoms. The molecule has 0 bridgehead atoms. The summed E-state index contributed by atoms with van der Waals surface area (Å²) < 4.78 is 0. The first kappa shape index (κ1) is 17.3. The van der Waals surface area contributed by atoms with Crippen LogP contribution in [0.4, 0.5) is 5.69 Å². The quantitative estimate of drug-likeness (QED) is 0.585. The third kappa shape index (κ3) is 4.76.